The SMILES string of the molecule is CCS(=O)CCCC(=O)Nc1ccc(Cl)c(N)c1. The summed E-state index contributed by atoms with van der Waals surface area (Å²) < 4.78 is 11.2. The van der Waals surface area contributed by atoms with Gasteiger partial charge in [0.2, 0.25) is 5.91 Å². The van der Waals surface area contributed by atoms with Crippen LogP contribution in [-0.2, 0) is 15.6 Å². The van der Waals surface area contributed by atoms with Gasteiger partial charge in [-0.3, -0.25) is 9.00 Å². The fourth-order valence-corrected chi connectivity index (χ4v) is 2.26. The molecule has 0 saturated heterocycles. The second kappa shape index (κ2) is 7.38. The standard InChI is InChI=1S/C12H17ClN2O2S/c1-2-18(17)7-3-4-12(16)15-9-5-6-10(13)11(14)8-9/h5-6,8H,2-4,7,14H2,1H3,(H,15,16). The molecule has 1 aromatic rings. The van der Waals surface area contributed by atoms with Gasteiger partial charge in [-0.05, 0) is 24.6 Å². The minimum absolute atomic E-state index is 0.107. The van der Waals surface area contributed by atoms with E-state index in [0.717, 1.165) is 0 Å². The second-order valence-electron chi connectivity index (χ2n) is 3.82. The van der Waals surface area contributed by atoms with Gasteiger partial charge in [0.05, 0.1) is 10.7 Å². The first-order valence-electron chi connectivity index (χ1n) is 5.72. The number of rotatable bonds is 6. The van der Waals surface area contributed by atoms with E-state index in [1.54, 1.807) is 18.2 Å². The molecule has 0 aliphatic heterocycles. The molecule has 0 aliphatic rings. The molecule has 0 radical (unpaired) electrons. The van der Waals surface area contributed by atoms with Crippen molar-refractivity contribution < 1.29 is 9.00 Å². The van der Waals surface area contributed by atoms with E-state index in [1.807, 2.05) is 6.92 Å². The van der Waals surface area contributed by atoms with Gasteiger partial charge in [0.1, 0.15) is 0 Å². The number of nitrogens with one attached hydrogen (secondary N) is 1. The number of hydrogen-bond donors (Lipinski definition) is 2. The highest BCUT2D eigenvalue weighted by atomic mass is 35.5. The highest BCUT2D eigenvalue weighted by Crippen LogP contribution is 2.22. The van der Waals surface area contributed by atoms with Gasteiger partial charge in [-0.15, -0.1) is 0 Å². The lowest BCUT2D eigenvalue weighted by Gasteiger charge is -2.06. The lowest BCUT2D eigenvalue weighted by atomic mass is 10.2. The number of halogens is 1. The normalized spacial score (nSPS) is 12.1. The van der Waals surface area contributed by atoms with Crippen LogP contribution in [0.3, 0.4) is 0 Å². The minimum atomic E-state index is -0.814. The summed E-state index contributed by atoms with van der Waals surface area (Å²) in [7, 11) is -0.814. The summed E-state index contributed by atoms with van der Waals surface area (Å²) in [5.74, 6) is 1.09. The number of carbonyl (C=O) groups excluding carboxylic acids is 1. The Balaban J connectivity index is 2.40. The van der Waals surface area contributed by atoms with E-state index in [-0.39, 0.29) is 5.91 Å². The Morgan fingerprint density at radius 3 is 2.83 bits per heavy atom. The van der Waals surface area contributed by atoms with Crippen molar-refractivity contribution in [1.82, 2.24) is 0 Å². The highest BCUT2D eigenvalue weighted by Gasteiger charge is 2.05. The van der Waals surface area contributed by atoms with Crippen molar-refractivity contribution in [2.45, 2.75) is 19.8 Å². The molecule has 1 atom stereocenters. The van der Waals surface area contributed by atoms with Crippen LogP contribution in [0.1, 0.15) is 19.8 Å². The highest BCUT2D eigenvalue weighted by molar-refractivity contribution is 7.84. The summed E-state index contributed by atoms with van der Waals surface area (Å²) >= 11 is 5.78. The van der Waals surface area contributed by atoms with Gasteiger partial charge >= 0.3 is 0 Å². The minimum Gasteiger partial charge on any atom is -0.397 e. The average Bonchev–Trinajstić information content (AvgIpc) is 2.33. The molecule has 0 spiro atoms. The van der Waals surface area contributed by atoms with E-state index in [1.165, 1.54) is 0 Å². The van der Waals surface area contributed by atoms with Gasteiger partial charge in [0.15, 0.2) is 0 Å². The number of benzene rings is 1. The van der Waals surface area contributed by atoms with Crippen molar-refractivity contribution in [2.24, 2.45) is 0 Å². The van der Waals surface area contributed by atoms with Crippen LogP contribution in [0.4, 0.5) is 11.4 Å². The van der Waals surface area contributed by atoms with Gasteiger partial charge < -0.3 is 11.1 Å². The largest absolute Gasteiger partial charge is 0.397 e. The van der Waals surface area contributed by atoms with E-state index in [2.05, 4.69) is 5.32 Å². The smallest absolute Gasteiger partial charge is 0.224 e. The Kier molecular flexibility index (Phi) is 6.15. The van der Waals surface area contributed by atoms with Crippen LogP contribution in [0.5, 0.6) is 0 Å². The van der Waals surface area contributed by atoms with E-state index >= 15 is 0 Å². The molecular weight excluding hydrogens is 272 g/mol. The molecule has 0 fully saturated rings. The summed E-state index contributed by atoms with van der Waals surface area (Å²) in [6.07, 6.45) is 0.976. The number of amides is 1. The van der Waals surface area contributed by atoms with E-state index in [0.29, 0.717) is 40.7 Å². The Morgan fingerprint density at radius 1 is 1.50 bits per heavy atom. The molecule has 4 nitrogen and oxygen atoms in total. The van der Waals surface area contributed by atoms with Crippen LogP contribution in [0.15, 0.2) is 18.2 Å². The molecule has 0 saturated carbocycles. The van der Waals surface area contributed by atoms with E-state index in [4.69, 9.17) is 17.3 Å². The third-order valence-electron chi connectivity index (χ3n) is 2.38. The zero-order valence-electron chi connectivity index (χ0n) is 10.2. The lowest BCUT2D eigenvalue weighted by Crippen LogP contribution is -2.13. The molecular formula is C12H17ClN2O2S. The first kappa shape index (κ1) is 15.0. The summed E-state index contributed by atoms with van der Waals surface area (Å²) in [6.45, 7) is 1.87. The predicted molar refractivity (Wildman–Crippen MR) is 77.3 cm³/mol. The van der Waals surface area contributed by atoms with Crippen LogP contribution in [-0.4, -0.2) is 21.6 Å². The molecule has 18 heavy (non-hydrogen) atoms. The molecule has 3 N–H and O–H groups in total. The fraction of sp³-hybridized carbons (Fsp3) is 0.417. The molecule has 0 bridgehead atoms. The maximum absolute atomic E-state index is 11.6. The molecule has 1 amide bonds. The van der Waals surface area contributed by atoms with Crippen molar-refractivity contribution >= 4 is 39.7 Å². The number of hydrogen-bond acceptors (Lipinski definition) is 3. The topological polar surface area (TPSA) is 72.2 Å². The molecule has 100 valence electrons. The molecule has 6 heteroatoms. The Labute approximate surface area is 114 Å². The third-order valence-corrected chi connectivity index (χ3v) is 4.11. The Morgan fingerprint density at radius 2 is 2.22 bits per heavy atom. The average molecular weight is 289 g/mol. The second-order valence-corrected chi connectivity index (χ2v) is 6.09. The number of carbonyl (C=O) groups is 1. The molecule has 0 heterocycles. The van der Waals surface area contributed by atoms with Gasteiger partial charge in [-0.2, -0.15) is 0 Å². The van der Waals surface area contributed by atoms with Crippen LogP contribution in [0, 0.1) is 0 Å². The third kappa shape index (κ3) is 5.06. The summed E-state index contributed by atoms with van der Waals surface area (Å²) in [5.41, 5.74) is 6.69. The van der Waals surface area contributed by atoms with E-state index < -0.39 is 10.8 Å². The molecule has 1 aromatic carbocycles. The van der Waals surface area contributed by atoms with Crippen molar-refractivity contribution in [3.63, 3.8) is 0 Å². The van der Waals surface area contributed by atoms with Gasteiger partial charge in [-0.25, -0.2) is 0 Å². The van der Waals surface area contributed by atoms with Crippen molar-refractivity contribution in [3.8, 4) is 0 Å². The lowest BCUT2D eigenvalue weighted by molar-refractivity contribution is -0.116. The molecule has 1 rings (SSSR count). The van der Waals surface area contributed by atoms with Gasteiger partial charge in [0.25, 0.3) is 0 Å². The molecule has 0 aromatic heterocycles. The zero-order chi connectivity index (χ0) is 13.5. The maximum atomic E-state index is 11.6. The summed E-state index contributed by atoms with van der Waals surface area (Å²) in [5, 5.41) is 3.19. The molecule has 0 aliphatic carbocycles. The van der Waals surface area contributed by atoms with Crippen LogP contribution < -0.4 is 11.1 Å². The first-order valence-corrected chi connectivity index (χ1v) is 7.59. The van der Waals surface area contributed by atoms with Gasteiger partial charge in [0, 0.05) is 34.4 Å². The number of nitrogen functional groups attached to an aromatic ring is 1. The monoisotopic (exact) mass is 288 g/mol. The maximum Gasteiger partial charge on any atom is 0.224 e. The molecule has 1 unspecified atom stereocenters. The first-order chi connectivity index (χ1) is 8.52. The fourth-order valence-electron chi connectivity index (χ4n) is 1.38. The van der Waals surface area contributed by atoms with Crippen molar-refractivity contribution in [2.75, 3.05) is 22.6 Å². The summed E-state index contributed by atoms with van der Waals surface area (Å²) in [6, 6.07) is 4.95. The Hall–Kier alpha value is -1.07. The Bertz CT molecular complexity index is 452. The number of nitrogens with two attached hydrogens (primary N) is 1. The van der Waals surface area contributed by atoms with Gasteiger partial charge in [-0.1, -0.05) is 18.5 Å². The number of anilines is 2. The van der Waals surface area contributed by atoms with Crippen LogP contribution >= 0.6 is 11.6 Å². The van der Waals surface area contributed by atoms with Crippen LogP contribution in [0.2, 0.25) is 5.02 Å². The quantitative estimate of drug-likeness (QED) is 0.790. The van der Waals surface area contributed by atoms with Crippen molar-refractivity contribution in [3.05, 3.63) is 23.2 Å². The summed E-state index contributed by atoms with van der Waals surface area (Å²) in [4.78, 5) is 11.6. The van der Waals surface area contributed by atoms with Crippen molar-refractivity contribution in [1.29, 1.82) is 0 Å². The van der Waals surface area contributed by atoms with Crippen LogP contribution in [0.25, 0.3) is 0 Å². The predicted octanol–water partition coefficient (Wildman–Crippen LogP) is 2.41. The zero-order valence-corrected chi connectivity index (χ0v) is 11.8. The van der Waals surface area contributed by atoms with E-state index in [9.17, 15) is 9.00 Å².